The van der Waals surface area contributed by atoms with E-state index < -0.39 is 23.9 Å². The molecule has 0 atom stereocenters. The van der Waals surface area contributed by atoms with Crippen molar-refractivity contribution in [2.75, 3.05) is 0 Å². The van der Waals surface area contributed by atoms with Crippen LogP contribution in [0.25, 0.3) is 10.9 Å². The molecule has 32 heavy (non-hydrogen) atoms. The monoisotopic (exact) mass is 444 g/mol. The van der Waals surface area contributed by atoms with Gasteiger partial charge in [0.1, 0.15) is 0 Å². The number of hydrogen-bond acceptors (Lipinski definition) is 2. The minimum absolute atomic E-state index is 0.436. The van der Waals surface area contributed by atoms with Crippen LogP contribution in [0.15, 0.2) is 121 Å². The van der Waals surface area contributed by atoms with Crippen molar-refractivity contribution in [3.05, 3.63) is 127 Å². The molecular weight excluding hydrogens is 421 g/mol. The van der Waals surface area contributed by atoms with Gasteiger partial charge in [-0.3, -0.25) is 4.98 Å². The fourth-order valence-corrected chi connectivity index (χ4v) is 10.5. The van der Waals surface area contributed by atoms with E-state index in [0.29, 0.717) is 0 Å². The molecular formula is C28H23AlNOSi. The summed E-state index contributed by atoms with van der Waals surface area (Å²) in [6.07, 6.45) is 0. The molecule has 0 unspecified atom stereocenters. The fourth-order valence-electron chi connectivity index (χ4n) is 4.22. The number of hydrogen-bond donors (Lipinski definition) is 0. The normalized spacial score (nSPS) is 11.4. The molecule has 2 nitrogen and oxygen atoms in total. The summed E-state index contributed by atoms with van der Waals surface area (Å²) in [6, 6.07) is 42.8. The molecule has 4 aromatic carbocycles. The summed E-state index contributed by atoms with van der Waals surface area (Å²) in [7, 11) is -2.69. The topological polar surface area (TPSA) is 22.1 Å². The zero-order valence-electron chi connectivity index (χ0n) is 18.0. The third kappa shape index (κ3) is 3.95. The van der Waals surface area contributed by atoms with Gasteiger partial charge in [0.25, 0.3) is 8.32 Å². The van der Waals surface area contributed by atoms with Gasteiger partial charge in [0.05, 0.1) is 5.52 Å². The van der Waals surface area contributed by atoms with E-state index in [1.807, 2.05) is 6.07 Å². The summed E-state index contributed by atoms with van der Waals surface area (Å²) in [6.45, 7) is 2.09. The fraction of sp³-hybridized carbons (Fsp3) is 0.0357. The number of aryl methyl sites for hydroxylation is 1. The van der Waals surface area contributed by atoms with Gasteiger partial charge in [0.2, 0.25) is 0 Å². The standard InChI is InChI=1S/C18H15OSi.C10H8N.Al/c19-20(16-10-4-1-5-11-16,17-12-6-2-7-13-17)18-14-8-3-9-15-18;1-8-6-7-9-4-2-3-5-10(9)11-8;/h1-15H;2-5,7H,1H3;/q-1;;+1. The molecule has 0 aliphatic carbocycles. The largest absolute Gasteiger partial charge is 0.538 e. The highest BCUT2D eigenvalue weighted by atomic mass is 28.4. The Morgan fingerprint density at radius 2 is 1.09 bits per heavy atom. The van der Waals surface area contributed by atoms with E-state index in [-0.39, 0.29) is 0 Å². The van der Waals surface area contributed by atoms with Crippen LogP contribution >= 0.6 is 0 Å². The smallest absolute Gasteiger partial charge is 0.460 e. The van der Waals surface area contributed by atoms with E-state index in [2.05, 4.69) is 122 Å². The van der Waals surface area contributed by atoms with Gasteiger partial charge < -0.3 is 3.48 Å². The highest BCUT2D eigenvalue weighted by Crippen LogP contribution is 2.12. The Bertz CT molecular complexity index is 1230. The third-order valence-corrected chi connectivity index (χ3v) is 12.0. The van der Waals surface area contributed by atoms with Crippen LogP contribution in [0.3, 0.4) is 0 Å². The van der Waals surface area contributed by atoms with Crippen LogP contribution in [0.5, 0.6) is 0 Å². The summed E-state index contributed by atoms with van der Waals surface area (Å²) in [5.41, 5.74) is 2.08. The molecule has 0 spiro atoms. The summed E-state index contributed by atoms with van der Waals surface area (Å²) >= 11 is -0.436. The van der Waals surface area contributed by atoms with Crippen LogP contribution in [0.1, 0.15) is 5.69 Å². The lowest BCUT2D eigenvalue weighted by Gasteiger charge is -2.34. The summed E-state index contributed by atoms with van der Waals surface area (Å²) < 4.78 is 8.40. The Balaban J connectivity index is 1.66. The Labute approximate surface area is 196 Å². The number of benzene rings is 4. The Hall–Kier alpha value is -3.00. The number of rotatable bonds is 6. The van der Waals surface area contributed by atoms with Gasteiger partial charge in [0, 0.05) is 5.69 Å². The maximum Gasteiger partial charge on any atom is 0.460 e. The van der Waals surface area contributed by atoms with E-state index in [4.69, 9.17) is 8.46 Å². The quantitative estimate of drug-likeness (QED) is 0.296. The zero-order chi connectivity index (χ0) is 21.8. The molecule has 1 heterocycles. The average molecular weight is 445 g/mol. The lowest BCUT2D eigenvalue weighted by molar-refractivity contribution is 0.630. The second-order valence-corrected chi connectivity index (χ2v) is 12.8. The van der Waals surface area contributed by atoms with Crippen molar-refractivity contribution >= 4 is 54.8 Å². The molecule has 0 aliphatic heterocycles. The van der Waals surface area contributed by atoms with Gasteiger partial charge >= 0.3 is 15.6 Å². The lowest BCUT2D eigenvalue weighted by atomic mass is 10.2. The second kappa shape index (κ2) is 9.24. The maximum atomic E-state index is 7.19. The van der Waals surface area contributed by atoms with E-state index in [1.54, 1.807) is 0 Å². The van der Waals surface area contributed by atoms with Gasteiger partial charge in [-0.25, -0.2) is 0 Å². The van der Waals surface area contributed by atoms with Gasteiger partial charge in [-0.2, -0.15) is 0 Å². The number of nitrogens with zero attached hydrogens (tertiary/aromatic N) is 1. The minimum atomic E-state index is -2.69. The first-order valence-electron chi connectivity index (χ1n) is 10.8. The van der Waals surface area contributed by atoms with Crippen LogP contribution < -0.4 is 20.0 Å². The predicted molar refractivity (Wildman–Crippen MR) is 137 cm³/mol. The van der Waals surface area contributed by atoms with Crippen molar-refractivity contribution < 1.29 is 3.48 Å². The van der Waals surface area contributed by atoms with E-state index >= 15 is 0 Å². The number of pyridine rings is 1. The van der Waals surface area contributed by atoms with Crippen molar-refractivity contribution in [1.29, 1.82) is 0 Å². The molecule has 0 amide bonds. The Morgan fingerprint density at radius 3 is 1.62 bits per heavy atom. The highest BCUT2D eigenvalue weighted by molar-refractivity contribution is 7.09. The molecule has 153 valence electrons. The molecule has 0 saturated heterocycles. The van der Waals surface area contributed by atoms with Crippen molar-refractivity contribution in [2.45, 2.75) is 6.92 Å². The van der Waals surface area contributed by atoms with Gasteiger partial charge in [0.15, 0.2) is 0 Å². The minimum Gasteiger partial charge on any atom is -0.538 e. The molecule has 0 N–H and O–H groups in total. The van der Waals surface area contributed by atoms with Crippen LogP contribution in [-0.4, -0.2) is 28.9 Å². The first kappa shape index (κ1) is 20.9. The first-order chi connectivity index (χ1) is 15.8. The van der Waals surface area contributed by atoms with Crippen LogP contribution in [-0.2, 0) is 3.48 Å². The van der Waals surface area contributed by atoms with Gasteiger partial charge in [-0.15, -0.1) is 0 Å². The summed E-state index contributed by atoms with van der Waals surface area (Å²) in [4.78, 5) is 4.85. The summed E-state index contributed by atoms with van der Waals surface area (Å²) in [5, 5.41) is 4.94. The third-order valence-electron chi connectivity index (χ3n) is 5.86. The molecule has 1 aromatic heterocycles. The lowest BCUT2D eigenvalue weighted by Crippen LogP contribution is -2.70. The van der Waals surface area contributed by atoms with Crippen molar-refractivity contribution in [2.24, 2.45) is 0 Å². The maximum absolute atomic E-state index is 7.19. The Morgan fingerprint density at radius 1 is 0.625 bits per heavy atom. The predicted octanol–water partition coefficient (Wildman–Crippen LogP) is 3.47. The molecule has 5 aromatic rings. The van der Waals surface area contributed by atoms with E-state index in [9.17, 15) is 0 Å². The van der Waals surface area contributed by atoms with Crippen LogP contribution in [0, 0.1) is 6.92 Å². The van der Waals surface area contributed by atoms with Crippen LogP contribution in [0.4, 0.5) is 0 Å². The van der Waals surface area contributed by atoms with Gasteiger partial charge in [-0.05, 0) is 33.9 Å². The molecule has 4 heteroatoms. The van der Waals surface area contributed by atoms with E-state index in [0.717, 1.165) is 16.6 Å². The van der Waals surface area contributed by atoms with Gasteiger partial charge in [-0.1, -0.05) is 120 Å². The zero-order valence-corrected chi connectivity index (χ0v) is 20.1. The van der Waals surface area contributed by atoms with Crippen LogP contribution in [0.2, 0.25) is 0 Å². The molecule has 0 saturated carbocycles. The molecule has 0 fully saturated rings. The highest BCUT2D eigenvalue weighted by Gasteiger charge is 2.41. The molecule has 0 bridgehead atoms. The number of fused-ring (bicyclic) bond motifs is 1. The molecule has 0 aliphatic rings. The van der Waals surface area contributed by atoms with Crippen molar-refractivity contribution in [3.8, 4) is 0 Å². The first-order valence-corrected chi connectivity index (χ1v) is 13.8. The SMILES string of the molecule is Cc1nc2ccccc2c[c]1[Al][O][Si](c1ccccc1)(c1ccccc1)c1ccccc1. The molecule has 1 radical (unpaired) electrons. The average Bonchev–Trinajstić information content (AvgIpc) is 2.86. The van der Waals surface area contributed by atoms with Crippen molar-refractivity contribution in [3.63, 3.8) is 0 Å². The number of para-hydroxylation sites is 1. The van der Waals surface area contributed by atoms with E-state index in [1.165, 1.54) is 20.0 Å². The Kier molecular flexibility index (Phi) is 6.03. The number of aromatic nitrogens is 1. The van der Waals surface area contributed by atoms with Crippen molar-refractivity contribution in [1.82, 2.24) is 4.98 Å². The summed E-state index contributed by atoms with van der Waals surface area (Å²) in [5.74, 6) is 0. The second-order valence-electron chi connectivity index (χ2n) is 7.87. The molecule has 5 rings (SSSR count).